The zero-order valence-corrected chi connectivity index (χ0v) is 22.5. The molecule has 0 saturated carbocycles. The highest BCUT2D eigenvalue weighted by atomic mass is 16.5. The highest BCUT2D eigenvalue weighted by Crippen LogP contribution is 2.42. The summed E-state index contributed by atoms with van der Waals surface area (Å²) >= 11 is 0. The first-order valence-electron chi connectivity index (χ1n) is 12.9. The lowest BCUT2D eigenvalue weighted by molar-refractivity contribution is -0.140. The van der Waals surface area contributed by atoms with Gasteiger partial charge in [-0.15, -0.1) is 0 Å². The van der Waals surface area contributed by atoms with Gasteiger partial charge in [0.1, 0.15) is 11.5 Å². The van der Waals surface area contributed by atoms with E-state index >= 15 is 0 Å². The number of benzene rings is 2. The molecular formula is C29H38N2O6. The van der Waals surface area contributed by atoms with Gasteiger partial charge in [0, 0.05) is 12.1 Å². The lowest BCUT2D eigenvalue weighted by Crippen LogP contribution is -2.33. The smallest absolute Gasteiger partial charge is 0.295 e. The Morgan fingerprint density at radius 1 is 1.00 bits per heavy atom. The zero-order chi connectivity index (χ0) is 26.9. The minimum Gasteiger partial charge on any atom is -0.507 e. The summed E-state index contributed by atoms with van der Waals surface area (Å²) in [6.07, 6.45) is 1.53. The van der Waals surface area contributed by atoms with Crippen LogP contribution in [0.3, 0.4) is 0 Å². The fourth-order valence-corrected chi connectivity index (χ4v) is 4.59. The van der Waals surface area contributed by atoms with Gasteiger partial charge in [-0.2, -0.15) is 0 Å². The van der Waals surface area contributed by atoms with Crippen LogP contribution in [0.15, 0.2) is 48.0 Å². The van der Waals surface area contributed by atoms with Crippen molar-refractivity contribution < 1.29 is 28.9 Å². The molecule has 2 aromatic carbocycles. The highest BCUT2D eigenvalue weighted by Gasteiger charge is 2.46. The molecule has 1 aliphatic rings. The van der Waals surface area contributed by atoms with Crippen LogP contribution >= 0.6 is 0 Å². The fraction of sp³-hybridized carbons (Fsp3) is 0.448. The minimum atomic E-state index is -0.767. The topological polar surface area (TPSA) is 88.5 Å². The molecule has 2 aromatic rings. The van der Waals surface area contributed by atoms with Crippen LogP contribution in [0.2, 0.25) is 0 Å². The van der Waals surface area contributed by atoms with E-state index in [0.29, 0.717) is 47.9 Å². The third-order valence-electron chi connectivity index (χ3n) is 6.61. The second-order valence-electron chi connectivity index (χ2n) is 8.86. The van der Waals surface area contributed by atoms with E-state index in [-0.39, 0.29) is 11.3 Å². The Bertz CT molecular complexity index is 1130. The molecule has 1 saturated heterocycles. The van der Waals surface area contributed by atoms with Crippen molar-refractivity contribution in [1.29, 1.82) is 0 Å². The molecule has 0 aliphatic carbocycles. The van der Waals surface area contributed by atoms with Gasteiger partial charge in [0.2, 0.25) is 0 Å². The number of aliphatic hydroxyl groups excluding tert-OH is 1. The number of methoxy groups -OCH3 is 2. The van der Waals surface area contributed by atoms with Gasteiger partial charge < -0.3 is 29.1 Å². The first-order chi connectivity index (χ1) is 17.9. The molecule has 8 heteroatoms. The number of aliphatic hydroxyl groups is 1. The van der Waals surface area contributed by atoms with Crippen LogP contribution in [0.25, 0.3) is 5.76 Å². The number of hydrogen-bond donors (Lipinski definition) is 1. The van der Waals surface area contributed by atoms with E-state index < -0.39 is 17.7 Å². The fourth-order valence-electron chi connectivity index (χ4n) is 4.59. The maximum Gasteiger partial charge on any atom is 0.295 e. The molecule has 1 atom stereocenters. The number of carbonyl (C=O) groups is 2. The Hall–Kier alpha value is -3.52. The lowest BCUT2D eigenvalue weighted by Gasteiger charge is -2.27. The van der Waals surface area contributed by atoms with E-state index in [1.165, 1.54) is 7.11 Å². The van der Waals surface area contributed by atoms with E-state index in [0.717, 1.165) is 26.1 Å². The zero-order valence-electron chi connectivity index (χ0n) is 22.5. The molecule has 37 heavy (non-hydrogen) atoms. The van der Waals surface area contributed by atoms with Crippen LogP contribution in [-0.4, -0.2) is 73.6 Å². The second kappa shape index (κ2) is 13.1. The van der Waals surface area contributed by atoms with Gasteiger partial charge in [-0.25, -0.2) is 0 Å². The van der Waals surface area contributed by atoms with Gasteiger partial charge in [-0.1, -0.05) is 39.0 Å². The van der Waals surface area contributed by atoms with Crippen molar-refractivity contribution in [2.75, 3.05) is 47.0 Å². The van der Waals surface area contributed by atoms with Crippen molar-refractivity contribution in [2.24, 2.45) is 0 Å². The van der Waals surface area contributed by atoms with Gasteiger partial charge in [0.05, 0.1) is 32.4 Å². The molecular weight excluding hydrogens is 472 g/mol. The average Bonchev–Trinajstić information content (AvgIpc) is 3.18. The first-order valence-corrected chi connectivity index (χ1v) is 12.9. The van der Waals surface area contributed by atoms with Gasteiger partial charge in [0.15, 0.2) is 11.5 Å². The molecule has 1 fully saturated rings. The third kappa shape index (κ3) is 6.25. The molecule has 200 valence electrons. The van der Waals surface area contributed by atoms with Crippen LogP contribution in [-0.2, 0) is 9.59 Å². The number of ketones is 1. The summed E-state index contributed by atoms with van der Waals surface area (Å²) in [5, 5.41) is 11.4. The summed E-state index contributed by atoms with van der Waals surface area (Å²) in [5.74, 6) is 0.0295. The maximum absolute atomic E-state index is 13.4. The van der Waals surface area contributed by atoms with Crippen LogP contribution < -0.4 is 14.2 Å². The summed E-state index contributed by atoms with van der Waals surface area (Å²) in [5.41, 5.74) is 1.12. The molecule has 1 amide bonds. The Morgan fingerprint density at radius 2 is 1.73 bits per heavy atom. The van der Waals surface area contributed by atoms with Gasteiger partial charge >= 0.3 is 0 Å². The van der Waals surface area contributed by atoms with Gasteiger partial charge in [-0.3, -0.25) is 9.59 Å². The number of nitrogens with zero attached hydrogens (tertiary/aromatic N) is 2. The lowest BCUT2D eigenvalue weighted by atomic mass is 9.95. The Morgan fingerprint density at radius 3 is 2.38 bits per heavy atom. The van der Waals surface area contributed by atoms with E-state index in [9.17, 15) is 14.7 Å². The molecule has 0 aromatic heterocycles. The summed E-state index contributed by atoms with van der Waals surface area (Å²) in [4.78, 5) is 30.4. The maximum atomic E-state index is 13.4. The summed E-state index contributed by atoms with van der Waals surface area (Å²) in [7, 11) is 3.08. The Labute approximate surface area is 219 Å². The van der Waals surface area contributed by atoms with Crippen LogP contribution in [0.4, 0.5) is 0 Å². The molecule has 0 radical (unpaired) electrons. The molecule has 3 rings (SSSR count). The first kappa shape index (κ1) is 28.1. The molecule has 1 unspecified atom stereocenters. The number of hydrogen-bond acceptors (Lipinski definition) is 7. The largest absolute Gasteiger partial charge is 0.507 e. The molecule has 0 spiro atoms. The summed E-state index contributed by atoms with van der Waals surface area (Å²) in [6, 6.07) is 11.5. The summed E-state index contributed by atoms with van der Waals surface area (Å²) in [6.45, 7) is 9.72. The number of rotatable bonds is 13. The quantitative estimate of drug-likeness (QED) is 0.238. The molecule has 1 N–H and O–H groups in total. The van der Waals surface area contributed by atoms with Crippen molar-refractivity contribution in [1.82, 2.24) is 9.80 Å². The molecule has 1 heterocycles. The van der Waals surface area contributed by atoms with Crippen molar-refractivity contribution >= 4 is 17.4 Å². The van der Waals surface area contributed by atoms with Gasteiger partial charge in [0.25, 0.3) is 11.7 Å². The SMILES string of the molecule is CCCOc1cccc(C(O)=C2C(=O)C(=O)N(CCCN(CC)CC)C2c2ccc(OC)c(OC)c2)c1. The van der Waals surface area contributed by atoms with Crippen molar-refractivity contribution in [3.63, 3.8) is 0 Å². The molecule has 0 bridgehead atoms. The van der Waals surface area contributed by atoms with Crippen LogP contribution in [0.5, 0.6) is 17.2 Å². The predicted molar refractivity (Wildman–Crippen MR) is 143 cm³/mol. The molecule has 8 nitrogen and oxygen atoms in total. The summed E-state index contributed by atoms with van der Waals surface area (Å²) < 4.78 is 16.6. The number of Topliss-reactive ketones (excluding diaryl/α,β-unsaturated/α-hetero) is 1. The molecule has 1 aliphatic heterocycles. The standard InChI is InChI=1S/C29H38N2O6/c1-6-17-37-22-12-9-11-21(18-22)27(32)25-26(20-13-14-23(35-4)24(19-20)36-5)31(29(34)28(25)33)16-10-15-30(7-2)8-3/h9,11-14,18-19,26,32H,6-8,10,15-17H2,1-5H3. The number of amides is 1. The Kier molecular flexibility index (Phi) is 9.97. The van der Waals surface area contributed by atoms with E-state index in [1.54, 1.807) is 54.5 Å². The highest BCUT2D eigenvalue weighted by molar-refractivity contribution is 6.46. The predicted octanol–water partition coefficient (Wildman–Crippen LogP) is 4.65. The minimum absolute atomic E-state index is 0.0488. The van der Waals surface area contributed by atoms with Crippen molar-refractivity contribution in [3.8, 4) is 17.2 Å². The van der Waals surface area contributed by atoms with E-state index in [2.05, 4.69) is 18.7 Å². The Balaban J connectivity index is 2.08. The normalized spacial score (nSPS) is 16.9. The van der Waals surface area contributed by atoms with Crippen LogP contribution in [0, 0.1) is 0 Å². The van der Waals surface area contributed by atoms with E-state index in [4.69, 9.17) is 14.2 Å². The third-order valence-corrected chi connectivity index (χ3v) is 6.61. The van der Waals surface area contributed by atoms with Crippen molar-refractivity contribution in [2.45, 2.75) is 39.7 Å². The number of ether oxygens (including phenoxy) is 3. The van der Waals surface area contributed by atoms with Gasteiger partial charge in [-0.05, 0) is 62.3 Å². The van der Waals surface area contributed by atoms with Crippen LogP contribution in [0.1, 0.15) is 50.8 Å². The second-order valence-corrected chi connectivity index (χ2v) is 8.86. The van der Waals surface area contributed by atoms with Crippen molar-refractivity contribution in [3.05, 3.63) is 59.2 Å². The monoisotopic (exact) mass is 510 g/mol. The number of likely N-dealkylation sites (tertiary alicyclic amines) is 1. The van der Waals surface area contributed by atoms with E-state index in [1.807, 2.05) is 6.92 Å². The average molecular weight is 511 g/mol. The number of carbonyl (C=O) groups excluding carboxylic acids is 2.